The smallest absolute Gasteiger partial charge is 0.219 e. The van der Waals surface area contributed by atoms with Gasteiger partial charge >= 0.3 is 0 Å². The third kappa shape index (κ3) is 3.99. The van der Waals surface area contributed by atoms with Crippen LogP contribution in [0.5, 0.6) is 5.75 Å². The Balaban J connectivity index is 1.98. The zero-order chi connectivity index (χ0) is 20.0. The van der Waals surface area contributed by atoms with Crippen LogP contribution >= 0.6 is 0 Å². The molecular formula is C20H31N3O3S. The van der Waals surface area contributed by atoms with E-state index in [9.17, 15) is 8.42 Å². The number of rotatable bonds is 3. The second kappa shape index (κ2) is 7.09. The third-order valence-electron chi connectivity index (χ3n) is 5.78. The van der Waals surface area contributed by atoms with Crippen LogP contribution in [0.3, 0.4) is 0 Å². The molecule has 7 heteroatoms. The van der Waals surface area contributed by atoms with Crippen LogP contribution in [0.4, 0.5) is 0 Å². The summed E-state index contributed by atoms with van der Waals surface area (Å²) < 4.78 is 32.4. The average Bonchev–Trinajstić information content (AvgIpc) is 2.58. The van der Waals surface area contributed by atoms with Crippen molar-refractivity contribution in [1.29, 1.82) is 0 Å². The Kier molecular flexibility index (Phi) is 5.29. The van der Waals surface area contributed by atoms with E-state index in [4.69, 9.17) is 4.74 Å². The topological polar surface area (TPSA) is 62.2 Å². The van der Waals surface area contributed by atoms with E-state index in [0.717, 1.165) is 72.6 Å². The molecule has 2 aliphatic heterocycles. The molecule has 0 unspecified atom stereocenters. The Morgan fingerprint density at radius 1 is 1.04 bits per heavy atom. The van der Waals surface area contributed by atoms with Gasteiger partial charge in [-0.1, -0.05) is 0 Å². The van der Waals surface area contributed by atoms with Crippen molar-refractivity contribution in [2.24, 2.45) is 5.10 Å². The lowest BCUT2D eigenvalue weighted by Gasteiger charge is -2.35. The molecule has 0 aliphatic carbocycles. The second-order valence-electron chi connectivity index (χ2n) is 8.40. The number of likely N-dealkylation sites (N-methyl/N-ethyl adjacent to an activating group) is 1. The number of hydrogen-bond acceptors (Lipinski definition) is 6. The maximum atomic E-state index is 13.1. The number of hydrazone groups is 1. The van der Waals surface area contributed by atoms with Crippen LogP contribution < -0.4 is 4.74 Å². The van der Waals surface area contributed by atoms with Crippen LogP contribution in [-0.2, 0) is 16.3 Å². The summed E-state index contributed by atoms with van der Waals surface area (Å²) >= 11 is 0. The maximum Gasteiger partial charge on any atom is 0.219 e. The normalized spacial score (nSPS) is 20.6. The van der Waals surface area contributed by atoms with Gasteiger partial charge in [-0.15, -0.1) is 0 Å². The van der Waals surface area contributed by atoms with Crippen molar-refractivity contribution in [2.45, 2.75) is 58.0 Å². The Morgan fingerprint density at radius 2 is 1.67 bits per heavy atom. The minimum Gasteiger partial charge on any atom is -0.487 e. The molecule has 0 bridgehead atoms. The van der Waals surface area contributed by atoms with Crippen molar-refractivity contribution in [1.82, 2.24) is 9.91 Å². The molecule has 1 fully saturated rings. The van der Waals surface area contributed by atoms with Crippen molar-refractivity contribution >= 4 is 15.4 Å². The number of nitrogens with zero attached hydrogens (tertiary/aromatic N) is 3. The average molecular weight is 394 g/mol. The summed E-state index contributed by atoms with van der Waals surface area (Å²) in [5, 5.41) is 6.11. The van der Waals surface area contributed by atoms with Gasteiger partial charge in [-0.2, -0.15) is 5.10 Å². The van der Waals surface area contributed by atoms with Crippen molar-refractivity contribution in [3.05, 3.63) is 22.3 Å². The molecule has 2 aliphatic rings. The Hall–Kier alpha value is -1.60. The molecule has 0 saturated carbocycles. The van der Waals surface area contributed by atoms with Gasteiger partial charge in [0.2, 0.25) is 9.84 Å². The summed E-state index contributed by atoms with van der Waals surface area (Å²) in [5.41, 5.74) is 4.40. The van der Waals surface area contributed by atoms with Gasteiger partial charge in [0.25, 0.3) is 0 Å². The summed E-state index contributed by atoms with van der Waals surface area (Å²) in [6, 6.07) is 0. The highest BCUT2D eigenvalue weighted by Crippen LogP contribution is 2.42. The first-order valence-corrected chi connectivity index (χ1v) is 11.1. The SMILES string of the molecule is Cc1c(C)c(S(=O)(=O)C=NN2CCN(C)CC2)c(C)c2c1OC(C)(C)CC2. The van der Waals surface area contributed by atoms with Gasteiger partial charge in [-0.05, 0) is 76.8 Å². The Bertz CT molecular complexity index is 867. The van der Waals surface area contributed by atoms with Crippen LogP contribution in [0.15, 0.2) is 10.00 Å². The highest BCUT2D eigenvalue weighted by atomic mass is 32.2. The molecule has 0 atom stereocenters. The summed E-state index contributed by atoms with van der Waals surface area (Å²) in [5.74, 6) is 0.858. The highest BCUT2D eigenvalue weighted by molar-refractivity contribution is 8.04. The Morgan fingerprint density at radius 3 is 2.30 bits per heavy atom. The minimum absolute atomic E-state index is 0.222. The number of benzene rings is 1. The molecule has 0 spiro atoms. The van der Waals surface area contributed by atoms with Crippen LogP contribution in [-0.4, -0.2) is 62.7 Å². The summed E-state index contributed by atoms with van der Waals surface area (Å²) in [6.45, 7) is 13.1. The van der Waals surface area contributed by atoms with E-state index >= 15 is 0 Å². The van der Waals surface area contributed by atoms with E-state index in [1.807, 2.05) is 25.8 Å². The molecule has 0 amide bonds. The molecule has 6 nitrogen and oxygen atoms in total. The fraction of sp³-hybridized carbons (Fsp3) is 0.650. The van der Waals surface area contributed by atoms with Gasteiger partial charge in [-0.25, -0.2) is 8.42 Å². The summed E-state index contributed by atoms with van der Waals surface area (Å²) in [6.07, 6.45) is 1.70. The molecule has 27 heavy (non-hydrogen) atoms. The first-order chi connectivity index (χ1) is 12.5. The zero-order valence-corrected chi connectivity index (χ0v) is 18.1. The van der Waals surface area contributed by atoms with Crippen LogP contribution in [0.25, 0.3) is 0 Å². The van der Waals surface area contributed by atoms with Crippen LogP contribution in [0.1, 0.15) is 42.5 Å². The van der Waals surface area contributed by atoms with Crippen molar-refractivity contribution < 1.29 is 13.2 Å². The highest BCUT2D eigenvalue weighted by Gasteiger charge is 2.33. The second-order valence-corrected chi connectivity index (χ2v) is 10.1. The van der Waals surface area contributed by atoms with E-state index in [-0.39, 0.29) is 5.60 Å². The quantitative estimate of drug-likeness (QED) is 0.584. The molecule has 1 aromatic rings. The van der Waals surface area contributed by atoms with Crippen molar-refractivity contribution in [2.75, 3.05) is 33.2 Å². The lowest BCUT2D eigenvalue weighted by atomic mass is 9.88. The summed E-state index contributed by atoms with van der Waals surface area (Å²) in [4.78, 5) is 2.60. The number of ether oxygens (including phenoxy) is 1. The third-order valence-corrected chi connectivity index (χ3v) is 7.33. The zero-order valence-electron chi connectivity index (χ0n) is 17.3. The fourth-order valence-electron chi connectivity index (χ4n) is 3.87. The monoisotopic (exact) mass is 393 g/mol. The van der Waals surface area contributed by atoms with Crippen molar-refractivity contribution in [3.8, 4) is 5.75 Å². The molecule has 0 radical (unpaired) electrons. The lowest BCUT2D eigenvalue weighted by Crippen LogP contribution is -2.42. The predicted molar refractivity (Wildman–Crippen MR) is 108 cm³/mol. The molecular weight excluding hydrogens is 362 g/mol. The van der Waals surface area contributed by atoms with Gasteiger partial charge < -0.3 is 9.64 Å². The van der Waals surface area contributed by atoms with Crippen LogP contribution in [0, 0.1) is 20.8 Å². The molecule has 1 saturated heterocycles. The van der Waals surface area contributed by atoms with E-state index < -0.39 is 9.84 Å². The minimum atomic E-state index is -3.62. The maximum absolute atomic E-state index is 13.1. The van der Waals surface area contributed by atoms with E-state index in [0.29, 0.717) is 4.90 Å². The lowest BCUT2D eigenvalue weighted by molar-refractivity contribution is 0.0832. The molecule has 0 aromatic heterocycles. The van der Waals surface area contributed by atoms with Gasteiger partial charge in [0.1, 0.15) is 16.9 Å². The van der Waals surface area contributed by atoms with Crippen LogP contribution in [0.2, 0.25) is 0 Å². The van der Waals surface area contributed by atoms with Crippen molar-refractivity contribution in [3.63, 3.8) is 0 Å². The molecule has 2 heterocycles. The van der Waals surface area contributed by atoms with Gasteiger partial charge in [0.15, 0.2) is 0 Å². The van der Waals surface area contributed by atoms with Gasteiger partial charge in [0.05, 0.1) is 4.90 Å². The number of piperazine rings is 1. The summed E-state index contributed by atoms with van der Waals surface area (Å²) in [7, 11) is -1.56. The van der Waals surface area contributed by atoms with E-state index in [1.165, 1.54) is 0 Å². The first kappa shape index (κ1) is 20.1. The standard InChI is InChI=1S/C20H31N3O3S/c1-14-15(2)19(16(3)17-7-8-20(4,5)26-18(14)17)27(24,25)13-21-23-11-9-22(6)10-12-23/h13H,7-12H2,1-6H3. The van der Waals surface area contributed by atoms with E-state index in [2.05, 4.69) is 30.9 Å². The molecule has 1 aromatic carbocycles. The molecule has 0 N–H and O–H groups in total. The molecule has 150 valence electrons. The van der Waals surface area contributed by atoms with Gasteiger partial charge in [-0.3, -0.25) is 5.01 Å². The van der Waals surface area contributed by atoms with E-state index in [1.54, 1.807) is 0 Å². The number of hydrogen-bond donors (Lipinski definition) is 0. The molecule has 3 rings (SSSR count). The largest absolute Gasteiger partial charge is 0.487 e. The fourth-order valence-corrected chi connectivity index (χ4v) is 5.36. The van der Waals surface area contributed by atoms with Gasteiger partial charge in [0, 0.05) is 26.2 Å². The Labute approximate surface area is 163 Å². The predicted octanol–water partition coefficient (Wildman–Crippen LogP) is 2.68. The number of fused-ring (bicyclic) bond motifs is 1. The first-order valence-electron chi connectivity index (χ1n) is 9.56. The number of sulfone groups is 1.